The van der Waals surface area contributed by atoms with Gasteiger partial charge in [-0.25, -0.2) is 9.67 Å². The topological polar surface area (TPSA) is 114 Å². The molecule has 4 rings (SSSR count). The van der Waals surface area contributed by atoms with E-state index in [0.29, 0.717) is 23.8 Å². The van der Waals surface area contributed by atoms with E-state index < -0.39 is 24.5 Å². The number of aromatic nitrogens is 4. The van der Waals surface area contributed by atoms with Gasteiger partial charge in [-0.3, -0.25) is 19.0 Å². The van der Waals surface area contributed by atoms with Crippen molar-refractivity contribution in [1.29, 1.82) is 0 Å². The van der Waals surface area contributed by atoms with E-state index in [2.05, 4.69) is 10.6 Å². The van der Waals surface area contributed by atoms with Gasteiger partial charge in [-0.15, -0.1) is 0 Å². The van der Waals surface area contributed by atoms with Crippen LogP contribution in [0, 0.1) is 12.8 Å². The maximum absolute atomic E-state index is 13.9. The first kappa shape index (κ1) is 32.2. The Kier molecular flexibility index (Phi) is 10.9. The van der Waals surface area contributed by atoms with E-state index in [0.717, 1.165) is 10.1 Å². The second-order valence-electron chi connectivity index (χ2n) is 10.9. The Bertz CT molecular complexity index is 1410. The van der Waals surface area contributed by atoms with Gasteiger partial charge < -0.3 is 15.5 Å². The average Bonchev–Trinajstić information content (AvgIpc) is 3.58. The third-order valence-corrected chi connectivity index (χ3v) is 8.12. The van der Waals surface area contributed by atoms with Crippen molar-refractivity contribution >= 4 is 29.5 Å². The number of halogens is 2. The lowest BCUT2D eigenvalue weighted by Crippen LogP contribution is -2.49. The zero-order valence-electron chi connectivity index (χ0n) is 24.9. The quantitative estimate of drug-likeness (QED) is 0.407. The third-order valence-electron chi connectivity index (χ3n) is 7.47. The van der Waals surface area contributed by atoms with Crippen molar-refractivity contribution in [2.45, 2.75) is 65.2 Å². The van der Waals surface area contributed by atoms with Crippen LogP contribution in [-0.4, -0.2) is 73.1 Å². The molecule has 43 heavy (non-hydrogen) atoms. The lowest BCUT2D eigenvalue weighted by molar-refractivity contribution is -0.129. The van der Waals surface area contributed by atoms with Crippen LogP contribution in [0.4, 0.5) is 8.78 Å². The van der Waals surface area contributed by atoms with Gasteiger partial charge in [-0.1, -0.05) is 44.2 Å². The van der Waals surface area contributed by atoms with Crippen molar-refractivity contribution in [2.24, 2.45) is 5.92 Å². The number of aryl methyl sites for hydroxylation is 1. The molecule has 3 heterocycles. The maximum atomic E-state index is 13.9. The molecule has 1 aliphatic rings. The minimum atomic E-state index is -2.87. The Morgan fingerprint density at radius 2 is 1.81 bits per heavy atom. The first-order valence-electron chi connectivity index (χ1n) is 14.4. The molecule has 0 spiro atoms. The molecule has 13 heteroatoms. The van der Waals surface area contributed by atoms with Crippen molar-refractivity contribution in [3.63, 3.8) is 0 Å². The SMILES string of the molecule is CSCC[C@@H]1NC(=O)CCCN(C(=O)c2ccc(C)n2C(F)F)CCn2nc(-c3ccccc3)nc2[C@@H](C(C)C)NC1=O. The fraction of sp³-hybridized carbons (Fsp3) is 0.500. The van der Waals surface area contributed by atoms with Gasteiger partial charge in [0.1, 0.15) is 11.7 Å². The van der Waals surface area contributed by atoms with Crippen LogP contribution in [0.15, 0.2) is 42.5 Å². The van der Waals surface area contributed by atoms with E-state index in [1.54, 1.807) is 16.4 Å². The zero-order valence-corrected chi connectivity index (χ0v) is 25.7. The number of alkyl halides is 2. The summed E-state index contributed by atoms with van der Waals surface area (Å²) in [5.41, 5.74) is 0.946. The van der Waals surface area contributed by atoms with Gasteiger partial charge in [0.25, 0.3) is 5.91 Å². The monoisotopic (exact) mass is 615 g/mol. The molecule has 0 bridgehead atoms. The molecule has 0 radical (unpaired) electrons. The van der Waals surface area contributed by atoms with Crippen LogP contribution in [0.1, 0.15) is 67.7 Å². The van der Waals surface area contributed by atoms with Gasteiger partial charge in [0.2, 0.25) is 11.8 Å². The molecule has 2 aromatic heterocycles. The number of nitrogens with zero attached hydrogens (tertiary/aromatic N) is 5. The summed E-state index contributed by atoms with van der Waals surface area (Å²) in [6, 6.07) is 11.0. The first-order valence-corrected chi connectivity index (χ1v) is 15.8. The Labute approximate surface area is 254 Å². The Morgan fingerprint density at radius 1 is 1.07 bits per heavy atom. The summed E-state index contributed by atoms with van der Waals surface area (Å²) in [5, 5.41) is 10.7. The molecule has 1 aromatic carbocycles. The molecule has 1 aliphatic heterocycles. The summed E-state index contributed by atoms with van der Waals surface area (Å²) < 4.78 is 30.1. The van der Waals surface area contributed by atoms with E-state index in [4.69, 9.17) is 10.1 Å². The molecular formula is C30H39F2N7O3S. The summed E-state index contributed by atoms with van der Waals surface area (Å²) in [6.07, 6.45) is 2.74. The van der Waals surface area contributed by atoms with Crippen molar-refractivity contribution in [3.8, 4) is 11.4 Å². The molecule has 10 nitrogen and oxygen atoms in total. The van der Waals surface area contributed by atoms with Crippen molar-refractivity contribution in [3.05, 3.63) is 59.7 Å². The van der Waals surface area contributed by atoms with Crippen molar-refractivity contribution in [2.75, 3.05) is 25.1 Å². The number of hydrogen-bond donors (Lipinski definition) is 2. The fourth-order valence-corrected chi connectivity index (χ4v) is 5.59. The van der Waals surface area contributed by atoms with Crippen molar-refractivity contribution < 1.29 is 23.2 Å². The van der Waals surface area contributed by atoms with E-state index in [-0.39, 0.29) is 61.6 Å². The number of carbonyl (C=O) groups excluding carboxylic acids is 3. The highest BCUT2D eigenvalue weighted by atomic mass is 32.2. The van der Waals surface area contributed by atoms with Crippen LogP contribution < -0.4 is 10.6 Å². The minimum Gasteiger partial charge on any atom is -0.344 e. The van der Waals surface area contributed by atoms with E-state index in [1.807, 2.05) is 50.4 Å². The summed E-state index contributed by atoms with van der Waals surface area (Å²) in [5.74, 6) is 0.389. The Hall–Kier alpha value is -3.74. The predicted molar refractivity (Wildman–Crippen MR) is 162 cm³/mol. The molecule has 0 unspecified atom stereocenters. The summed E-state index contributed by atoms with van der Waals surface area (Å²) in [7, 11) is 0. The first-order chi connectivity index (χ1) is 20.6. The lowest BCUT2D eigenvalue weighted by Gasteiger charge is -2.28. The number of benzene rings is 1. The number of hydrogen-bond acceptors (Lipinski definition) is 6. The molecule has 0 saturated heterocycles. The van der Waals surface area contributed by atoms with E-state index in [1.165, 1.54) is 24.0 Å². The minimum absolute atomic E-state index is 0.0715. The maximum Gasteiger partial charge on any atom is 0.319 e. The van der Waals surface area contributed by atoms with Crippen LogP contribution in [-0.2, 0) is 16.1 Å². The smallest absolute Gasteiger partial charge is 0.319 e. The number of rotatable bonds is 7. The van der Waals surface area contributed by atoms with Crippen LogP contribution >= 0.6 is 11.8 Å². The fourth-order valence-electron chi connectivity index (χ4n) is 5.12. The number of carbonyl (C=O) groups is 3. The highest BCUT2D eigenvalue weighted by Gasteiger charge is 2.31. The standard InChI is InChI=1S/C30H39F2N7O3S/c1-19(2)25-27-35-26(21-9-6-5-7-10-21)36-38(27)17-16-37(29(42)23-13-12-20(3)39(23)30(31)32)15-8-11-24(40)33-22(14-18-43-4)28(41)34-25/h5-7,9-10,12-13,19,22,25,30H,8,11,14-18H2,1-4H3,(H,33,40)(H,34,41)/t22-,25+/m0/s1. The highest BCUT2D eigenvalue weighted by molar-refractivity contribution is 7.98. The molecule has 2 atom stereocenters. The average molecular weight is 616 g/mol. The van der Waals surface area contributed by atoms with E-state index in [9.17, 15) is 23.2 Å². The molecule has 3 amide bonds. The number of thioether (sulfide) groups is 1. The summed E-state index contributed by atoms with van der Waals surface area (Å²) >= 11 is 1.58. The lowest BCUT2D eigenvalue weighted by atomic mass is 10.0. The van der Waals surface area contributed by atoms with Gasteiger partial charge in [-0.05, 0) is 49.8 Å². The van der Waals surface area contributed by atoms with Gasteiger partial charge in [-0.2, -0.15) is 25.6 Å². The molecular weight excluding hydrogens is 576 g/mol. The molecule has 2 N–H and O–H groups in total. The van der Waals surface area contributed by atoms with Gasteiger partial charge in [0.05, 0.1) is 12.6 Å². The van der Waals surface area contributed by atoms with Crippen LogP contribution in [0.3, 0.4) is 0 Å². The van der Waals surface area contributed by atoms with E-state index >= 15 is 0 Å². The molecule has 0 fully saturated rings. The normalized spacial score (nSPS) is 18.7. The molecule has 232 valence electrons. The third kappa shape index (κ3) is 7.81. The predicted octanol–water partition coefficient (Wildman–Crippen LogP) is 4.44. The summed E-state index contributed by atoms with van der Waals surface area (Å²) in [6.45, 7) is 3.07. The van der Waals surface area contributed by atoms with Gasteiger partial charge in [0, 0.05) is 30.8 Å². The Balaban J connectivity index is 1.75. The van der Waals surface area contributed by atoms with Crippen LogP contribution in [0.5, 0.6) is 0 Å². The van der Waals surface area contributed by atoms with Gasteiger partial charge >= 0.3 is 6.55 Å². The highest BCUT2D eigenvalue weighted by Crippen LogP contribution is 2.25. The molecule has 0 saturated carbocycles. The number of amides is 3. The summed E-state index contributed by atoms with van der Waals surface area (Å²) in [4.78, 5) is 46.4. The van der Waals surface area contributed by atoms with Crippen LogP contribution in [0.25, 0.3) is 11.4 Å². The second-order valence-corrected chi connectivity index (χ2v) is 11.9. The number of nitrogens with one attached hydrogen (secondary N) is 2. The number of fused-ring (bicyclic) bond motifs is 1. The second kappa shape index (κ2) is 14.6. The van der Waals surface area contributed by atoms with Crippen LogP contribution in [0.2, 0.25) is 0 Å². The van der Waals surface area contributed by atoms with Crippen molar-refractivity contribution in [1.82, 2.24) is 34.9 Å². The Morgan fingerprint density at radius 3 is 2.49 bits per heavy atom. The largest absolute Gasteiger partial charge is 0.344 e. The molecule has 3 aromatic rings. The zero-order chi connectivity index (χ0) is 31.1. The molecule has 0 aliphatic carbocycles. The van der Waals surface area contributed by atoms with Gasteiger partial charge in [0.15, 0.2) is 11.6 Å².